The van der Waals surface area contributed by atoms with Gasteiger partial charge < -0.3 is 63.6 Å². The Morgan fingerprint density at radius 3 is 2.02 bits per heavy atom. The molecule has 0 aliphatic carbocycles. The molecular weight excluding hydrogens is 775 g/mol. The summed E-state index contributed by atoms with van der Waals surface area (Å²) in [5.74, 6) is -2.70. The first-order valence-corrected chi connectivity index (χ1v) is 19.7. The molecule has 0 radical (unpaired) electrons. The maximum absolute atomic E-state index is 14.4. The summed E-state index contributed by atoms with van der Waals surface area (Å²) in [6, 6.07) is 12.7. The van der Waals surface area contributed by atoms with Gasteiger partial charge >= 0.3 is 6.09 Å². The van der Waals surface area contributed by atoms with Crippen LogP contribution in [0.1, 0.15) is 55.3 Å². The number of nitrogens with one attached hydrogen (secondary N) is 5. The summed E-state index contributed by atoms with van der Waals surface area (Å²) in [7, 11) is 0. The zero-order valence-corrected chi connectivity index (χ0v) is 33.3. The van der Waals surface area contributed by atoms with E-state index >= 15 is 0 Å². The lowest BCUT2D eigenvalue weighted by Crippen LogP contribution is -2.58. The van der Waals surface area contributed by atoms with Gasteiger partial charge in [-0.3, -0.25) is 29.2 Å². The standard InChI is InChI=1S/C40H55N13O7/c41-38(42)46-17-7-14-30(52-40(59)60-24-27-12-5-2-6-13-27)34(55)50-31(15-8-18-47-39(43)44)37(58)53-19-9-16-33(53)36(57)51-32(20-26-10-3-1-4-11-26)35(56)49-29(23-54)21-28-22-45-25-48-28/h1-6,10-13,22-23,25,29-33H,7-9,14-21,24H2,(H,45,48)(H,49,56)(H,50,55)(H,51,57)(H,52,59)(H4,41,42,46)(H4,43,44,47)/t29-,30-,31-,32-,33-/m0/s1. The number of imidazole rings is 1. The van der Waals surface area contributed by atoms with Gasteiger partial charge in [0.1, 0.15) is 37.1 Å². The van der Waals surface area contributed by atoms with Crippen LogP contribution in [0.3, 0.4) is 0 Å². The molecule has 20 nitrogen and oxygen atoms in total. The summed E-state index contributed by atoms with van der Waals surface area (Å²) in [6.45, 7) is 0.462. The van der Waals surface area contributed by atoms with Gasteiger partial charge in [0.05, 0.1) is 12.4 Å². The smallest absolute Gasteiger partial charge is 0.408 e. The number of likely N-dealkylation sites (tertiary alicyclic amines) is 1. The highest BCUT2D eigenvalue weighted by atomic mass is 16.5. The third kappa shape index (κ3) is 15.4. The Labute approximate surface area is 347 Å². The number of rotatable bonds is 23. The van der Waals surface area contributed by atoms with Gasteiger partial charge in [-0.1, -0.05) is 60.7 Å². The monoisotopic (exact) mass is 829 g/mol. The lowest BCUT2D eigenvalue weighted by atomic mass is 10.0. The number of ether oxygens (including phenoxy) is 1. The lowest BCUT2D eigenvalue weighted by molar-refractivity contribution is -0.142. The summed E-state index contributed by atoms with van der Waals surface area (Å²) in [4.78, 5) is 97.1. The maximum atomic E-state index is 14.4. The third-order valence-corrected chi connectivity index (χ3v) is 9.57. The van der Waals surface area contributed by atoms with E-state index in [1.54, 1.807) is 54.7 Å². The van der Waals surface area contributed by atoms with Gasteiger partial charge in [-0.25, -0.2) is 9.78 Å². The van der Waals surface area contributed by atoms with Crippen LogP contribution in [0.5, 0.6) is 0 Å². The van der Waals surface area contributed by atoms with Crippen LogP contribution in [0, 0.1) is 0 Å². The minimum absolute atomic E-state index is 0.0456. The van der Waals surface area contributed by atoms with E-state index in [1.165, 1.54) is 11.2 Å². The van der Waals surface area contributed by atoms with Crippen molar-refractivity contribution in [2.75, 3.05) is 19.6 Å². The number of aliphatic imine (C=N–C) groups is 2. The highest BCUT2D eigenvalue weighted by molar-refractivity contribution is 5.96. The summed E-state index contributed by atoms with van der Waals surface area (Å²) in [5, 5.41) is 10.9. The lowest BCUT2D eigenvalue weighted by Gasteiger charge is -2.31. The molecule has 1 saturated heterocycles. The van der Waals surface area contributed by atoms with Gasteiger partial charge in [0.2, 0.25) is 23.6 Å². The van der Waals surface area contributed by atoms with E-state index < -0.39 is 59.9 Å². The molecule has 3 aromatic rings. The fourth-order valence-corrected chi connectivity index (χ4v) is 6.59. The predicted octanol–water partition coefficient (Wildman–Crippen LogP) is -0.759. The number of carbonyl (C=O) groups excluding carboxylic acids is 6. The molecular formula is C40H55N13O7. The Hall–Kier alpha value is -6.99. The molecule has 1 aromatic heterocycles. The quantitative estimate of drug-likeness (QED) is 0.0247. The molecule has 60 heavy (non-hydrogen) atoms. The Kier molecular flexibility index (Phi) is 18.3. The van der Waals surface area contributed by atoms with Crippen LogP contribution in [0.4, 0.5) is 4.79 Å². The van der Waals surface area contributed by atoms with E-state index in [4.69, 9.17) is 27.7 Å². The highest BCUT2D eigenvalue weighted by Crippen LogP contribution is 2.21. The number of aldehydes is 1. The molecule has 322 valence electrons. The number of nitrogens with two attached hydrogens (primary N) is 4. The van der Waals surface area contributed by atoms with E-state index in [2.05, 4.69) is 41.2 Å². The van der Waals surface area contributed by atoms with Crippen molar-refractivity contribution < 1.29 is 33.5 Å². The van der Waals surface area contributed by atoms with Crippen LogP contribution in [-0.2, 0) is 48.2 Å². The largest absolute Gasteiger partial charge is 0.445 e. The molecule has 0 unspecified atom stereocenters. The second kappa shape index (κ2) is 24.1. The van der Waals surface area contributed by atoms with Crippen LogP contribution in [0.25, 0.3) is 0 Å². The van der Waals surface area contributed by atoms with Crippen molar-refractivity contribution in [1.82, 2.24) is 36.1 Å². The molecule has 1 fully saturated rings. The van der Waals surface area contributed by atoms with Gasteiger partial charge in [0.15, 0.2) is 11.9 Å². The minimum atomic E-state index is -1.17. The van der Waals surface area contributed by atoms with Crippen LogP contribution in [-0.4, -0.2) is 113 Å². The number of hydrogen-bond donors (Lipinski definition) is 9. The Morgan fingerprint density at radius 2 is 1.42 bits per heavy atom. The first-order valence-electron chi connectivity index (χ1n) is 19.7. The summed E-state index contributed by atoms with van der Waals surface area (Å²) in [6.07, 6.45) is 4.49. The van der Waals surface area contributed by atoms with Crippen LogP contribution < -0.4 is 44.2 Å². The molecule has 0 bridgehead atoms. The van der Waals surface area contributed by atoms with Crippen molar-refractivity contribution in [2.45, 2.75) is 88.2 Å². The van der Waals surface area contributed by atoms with Crippen molar-refractivity contribution in [3.63, 3.8) is 0 Å². The molecule has 1 aliphatic rings. The van der Waals surface area contributed by atoms with Crippen molar-refractivity contribution >= 4 is 47.9 Å². The average Bonchev–Trinajstić information content (AvgIpc) is 3.95. The van der Waals surface area contributed by atoms with E-state index in [0.29, 0.717) is 24.8 Å². The van der Waals surface area contributed by atoms with Crippen molar-refractivity contribution in [2.24, 2.45) is 32.9 Å². The van der Waals surface area contributed by atoms with Gasteiger partial charge in [0.25, 0.3) is 0 Å². The molecule has 20 heteroatoms. The van der Waals surface area contributed by atoms with Gasteiger partial charge in [-0.05, 0) is 49.7 Å². The van der Waals surface area contributed by atoms with Gasteiger partial charge in [0, 0.05) is 44.4 Å². The number of guanidine groups is 2. The number of aromatic amines is 1. The van der Waals surface area contributed by atoms with Crippen molar-refractivity contribution in [1.29, 1.82) is 0 Å². The Balaban J connectivity index is 1.51. The molecule has 2 aromatic carbocycles. The molecule has 5 amide bonds. The highest BCUT2D eigenvalue weighted by Gasteiger charge is 2.39. The van der Waals surface area contributed by atoms with E-state index in [-0.39, 0.29) is 76.7 Å². The summed E-state index contributed by atoms with van der Waals surface area (Å²) >= 11 is 0. The summed E-state index contributed by atoms with van der Waals surface area (Å²) in [5.41, 5.74) is 24.1. The number of H-pyrrole nitrogens is 1. The van der Waals surface area contributed by atoms with Crippen LogP contribution in [0.15, 0.2) is 83.2 Å². The minimum Gasteiger partial charge on any atom is -0.445 e. The van der Waals surface area contributed by atoms with Crippen molar-refractivity contribution in [3.05, 3.63) is 90.0 Å². The molecule has 4 rings (SSSR count). The van der Waals surface area contributed by atoms with Crippen molar-refractivity contribution in [3.8, 4) is 0 Å². The number of carbonyl (C=O) groups is 6. The Morgan fingerprint density at radius 1 is 0.800 bits per heavy atom. The first kappa shape index (κ1) is 45.7. The number of hydrogen-bond acceptors (Lipinski definition) is 10. The number of nitrogens with zero attached hydrogens (tertiary/aromatic N) is 4. The predicted molar refractivity (Wildman–Crippen MR) is 222 cm³/mol. The number of aromatic nitrogens is 2. The zero-order valence-electron chi connectivity index (χ0n) is 33.3. The SMILES string of the molecule is NC(N)=NCCC[C@H](NC(=O)OCc1ccccc1)C(=O)N[C@@H](CCCN=C(N)N)C(=O)N1CCC[C@H]1C(=O)N[C@@H](Cc1ccccc1)C(=O)N[C@H](C=O)Cc1cnc[nH]1. The molecule has 2 heterocycles. The summed E-state index contributed by atoms with van der Waals surface area (Å²) < 4.78 is 5.36. The maximum Gasteiger partial charge on any atom is 0.408 e. The van der Waals surface area contributed by atoms with E-state index in [9.17, 15) is 28.8 Å². The normalized spacial score (nSPS) is 15.3. The fraction of sp³-hybridized carbons (Fsp3) is 0.425. The molecule has 5 atom stereocenters. The number of benzene rings is 2. The zero-order chi connectivity index (χ0) is 43.3. The van der Waals surface area contributed by atoms with E-state index in [1.807, 2.05) is 12.1 Å². The third-order valence-electron chi connectivity index (χ3n) is 9.57. The number of alkyl carbamates (subject to hydrolysis) is 1. The van der Waals surface area contributed by atoms with Crippen LogP contribution >= 0.6 is 0 Å². The van der Waals surface area contributed by atoms with Gasteiger partial charge in [-0.2, -0.15) is 0 Å². The van der Waals surface area contributed by atoms with Gasteiger partial charge in [-0.15, -0.1) is 0 Å². The second-order valence-corrected chi connectivity index (χ2v) is 14.2. The molecule has 0 spiro atoms. The first-order chi connectivity index (χ1) is 28.9. The topological polar surface area (TPSA) is 320 Å². The fourth-order valence-electron chi connectivity index (χ4n) is 6.59. The number of amides is 5. The van der Waals surface area contributed by atoms with Crippen LogP contribution in [0.2, 0.25) is 0 Å². The molecule has 1 aliphatic heterocycles. The second-order valence-electron chi connectivity index (χ2n) is 14.2. The Bertz CT molecular complexity index is 1900. The van der Waals surface area contributed by atoms with E-state index in [0.717, 1.165) is 11.1 Å². The average molecular weight is 830 g/mol. The molecule has 0 saturated carbocycles. The molecule has 13 N–H and O–H groups in total.